The molecular weight excluding hydrogens is 252 g/mol. The summed E-state index contributed by atoms with van der Waals surface area (Å²) in [5.74, 6) is 0.871. The summed E-state index contributed by atoms with van der Waals surface area (Å²) >= 11 is 0. The van der Waals surface area contributed by atoms with Crippen LogP contribution in [0.1, 0.15) is 51.7 Å². The zero-order chi connectivity index (χ0) is 14.6. The van der Waals surface area contributed by atoms with E-state index in [1.165, 1.54) is 5.56 Å². The maximum atomic E-state index is 11.4. The Labute approximate surface area is 120 Å². The largest absolute Gasteiger partial charge is 0.493 e. The van der Waals surface area contributed by atoms with Crippen molar-refractivity contribution in [2.45, 2.75) is 63.8 Å². The molecule has 1 fully saturated rings. The van der Waals surface area contributed by atoms with Gasteiger partial charge >= 0.3 is 0 Å². The van der Waals surface area contributed by atoms with Crippen molar-refractivity contribution in [3.05, 3.63) is 29.3 Å². The van der Waals surface area contributed by atoms with Crippen molar-refractivity contribution in [1.29, 1.82) is 0 Å². The molecule has 0 radical (unpaired) electrons. The number of para-hydroxylation sites is 1. The fraction of sp³-hybridized carbons (Fsp3) is 0.647. The van der Waals surface area contributed by atoms with Crippen molar-refractivity contribution >= 4 is 0 Å². The predicted molar refractivity (Wildman–Crippen MR) is 78.0 cm³/mol. The summed E-state index contributed by atoms with van der Waals surface area (Å²) in [4.78, 5) is 0. The quantitative estimate of drug-likeness (QED) is 0.856. The standard InChI is InChI=1S/C17H24O3/c1-15(2)11-17(18,16(3,4)20-15)13-9-5-7-12-8-6-10-19-14(12)13/h5,7,9,18H,6,8,10-11H2,1-4H3. The molecule has 1 aromatic rings. The van der Waals surface area contributed by atoms with Crippen LogP contribution in [-0.4, -0.2) is 22.9 Å². The number of hydrogen-bond donors (Lipinski definition) is 1. The lowest BCUT2D eigenvalue weighted by atomic mass is 9.76. The first-order valence-corrected chi connectivity index (χ1v) is 7.43. The Morgan fingerprint density at radius 3 is 2.55 bits per heavy atom. The van der Waals surface area contributed by atoms with Crippen LogP contribution in [0.2, 0.25) is 0 Å². The average Bonchev–Trinajstić information content (AvgIpc) is 2.53. The third-order valence-corrected chi connectivity index (χ3v) is 4.59. The Morgan fingerprint density at radius 2 is 1.90 bits per heavy atom. The lowest BCUT2D eigenvalue weighted by Gasteiger charge is -2.37. The second-order valence-electron chi connectivity index (χ2n) is 7.15. The van der Waals surface area contributed by atoms with Gasteiger partial charge in [0, 0.05) is 12.0 Å². The Balaban J connectivity index is 2.13. The minimum atomic E-state index is -1.01. The van der Waals surface area contributed by atoms with Crippen molar-refractivity contribution in [2.75, 3.05) is 6.61 Å². The second kappa shape index (κ2) is 4.22. The molecule has 2 aliphatic rings. The van der Waals surface area contributed by atoms with Crippen LogP contribution in [0.3, 0.4) is 0 Å². The van der Waals surface area contributed by atoms with Gasteiger partial charge in [0.1, 0.15) is 11.4 Å². The van der Waals surface area contributed by atoms with Gasteiger partial charge in [-0.1, -0.05) is 18.2 Å². The van der Waals surface area contributed by atoms with E-state index in [0.29, 0.717) is 6.42 Å². The van der Waals surface area contributed by atoms with Gasteiger partial charge in [0.05, 0.1) is 17.8 Å². The van der Waals surface area contributed by atoms with E-state index < -0.39 is 11.2 Å². The predicted octanol–water partition coefficient (Wildman–Crippen LogP) is 3.18. The Kier molecular flexibility index (Phi) is 2.93. The van der Waals surface area contributed by atoms with Gasteiger partial charge in [-0.25, -0.2) is 0 Å². The molecule has 0 aromatic heterocycles. The number of aryl methyl sites for hydroxylation is 1. The van der Waals surface area contributed by atoms with E-state index in [4.69, 9.17) is 9.47 Å². The summed E-state index contributed by atoms with van der Waals surface area (Å²) in [6, 6.07) is 6.09. The van der Waals surface area contributed by atoms with Gasteiger partial charge in [-0.2, -0.15) is 0 Å². The summed E-state index contributed by atoms with van der Waals surface area (Å²) in [5.41, 5.74) is 0.0919. The summed E-state index contributed by atoms with van der Waals surface area (Å²) in [5, 5.41) is 11.4. The highest BCUT2D eigenvalue weighted by Crippen LogP contribution is 2.53. The number of fused-ring (bicyclic) bond motifs is 1. The lowest BCUT2D eigenvalue weighted by Crippen LogP contribution is -2.44. The first-order valence-electron chi connectivity index (χ1n) is 7.43. The third kappa shape index (κ3) is 1.95. The van der Waals surface area contributed by atoms with E-state index in [-0.39, 0.29) is 5.60 Å². The van der Waals surface area contributed by atoms with Gasteiger partial charge in [-0.05, 0) is 46.1 Å². The number of hydrogen-bond acceptors (Lipinski definition) is 3. The Hall–Kier alpha value is -1.06. The Morgan fingerprint density at radius 1 is 1.15 bits per heavy atom. The number of rotatable bonds is 1. The van der Waals surface area contributed by atoms with Gasteiger partial charge in [-0.15, -0.1) is 0 Å². The molecule has 1 unspecified atom stereocenters. The highest BCUT2D eigenvalue weighted by molar-refractivity contribution is 5.47. The van der Waals surface area contributed by atoms with Crippen LogP contribution >= 0.6 is 0 Å². The zero-order valence-electron chi connectivity index (χ0n) is 12.8. The van der Waals surface area contributed by atoms with Crippen LogP contribution < -0.4 is 4.74 Å². The summed E-state index contributed by atoms with van der Waals surface area (Å²) in [6.45, 7) is 8.71. The molecule has 0 amide bonds. The van der Waals surface area contributed by atoms with Crippen molar-refractivity contribution in [3.63, 3.8) is 0 Å². The van der Waals surface area contributed by atoms with Gasteiger partial charge in [0.25, 0.3) is 0 Å². The van der Waals surface area contributed by atoms with Crippen molar-refractivity contribution < 1.29 is 14.6 Å². The van der Waals surface area contributed by atoms with Gasteiger partial charge < -0.3 is 14.6 Å². The molecule has 0 saturated carbocycles. The molecular formula is C17H24O3. The summed E-state index contributed by atoms with van der Waals surface area (Å²) in [7, 11) is 0. The summed E-state index contributed by atoms with van der Waals surface area (Å²) < 4.78 is 12.0. The van der Waals surface area contributed by atoms with E-state index in [2.05, 4.69) is 6.07 Å². The van der Waals surface area contributed by atoms with Gasteiger partial charge in [0.15, 0.2) is 0 Å². The van der Waals surface area contributed by atoms with Crippen molar-refractivity contribution in [3.8, 4) is 5.75 Å². The molecule has 2 heterocycles. The van der Waals surface area contributed by atoms with Crippen LogP contribution in [0.15, 0.2) is 18.2 Å². The molecule has 2 aliphatic heterocycles. The lowest BCUT2D eigenvalue weighted by molar-refractivity contribution is -0.130. The van der Waals surface area contributed by atoms with Crippen LogP contribution in [0.4, 0.5) is 0 Å². The molecule has 1 saturated heterocycles. The first-order chi connectivity index (χ1) is 9.25. The molecule has 0 spiro atoms. The molecule has 3 heteroatoms. The summed E-state index contributed by atoms with van der Waals surface area (Å²) in [6.07, 6.45) is 2.64. The minimum absolute atomic E-state index is 0.338. The molecule has 1 aromatic carbocycles. The monoisotopic (exact) mass is 276 g/mol. The van der Waals surface area contributed by atoms with E-state index in [9.17, 15) is 5.11 Å². The zero-order valence-corrected chi connectivity index (χ0v) is 12.8. The topological polar surface area (TPSA) is 38.7 Å². The number of ether oxygens (including phenoxy) is 2. The van der Waals surface area contributed by atoms with E-state index in [1.807, 2.05) is 39.8 Å². The first kappa shape index (κ1) is 13.9. The highest BCUT2D eigenvalue weighted by Gasteiger charge is 2.58. The van der Waals surface area contributed by atoms with E-state index in [0.717, 1.165) is 30.8 Å². The molecule has 3 nitrogen and oxygen atoms in total. The number of aliphatic hydroxyl groups is 1. The second-order valence-corrected chi connectivity index (χ2v) is 7.15. The minimum Gasteiger partial charge on any atom is -0.493 e. The van der Waals surface area contributed by atoms with Gasteiger partial charge in [0.2, 0.25) is 0 Å². The Bertz CT molecular complexity index is 533. The smallest absolute Gasteiger partial charge is 0.128 e. The normalized spacial score (nSPS) is 30.6. The SMILES string of the molecule is CC1(C)CC(O)(c2cccc3c2OCCC3)C(C)(C)O1. The maximum Gasteiger partial charge on any atom is 0.128 e. The highest BCUT2D eigenvalue weighted by atomic mass is 16.6. The number of benzene rings is 1. The molecule has 0 bridgehead atoms. The van der Waals surface area contributed by atoms with Crippen LogP contribution in [0.25, 0.3) is 0 Å². The van der Waals surface area contributed by atoms with E-state index in [1.54, 1.807) is 0 Å². The van der Waals surface area contributed by atoms with Crippen LogP contribution in [0.5, 0.6) is 5.75 Å². The fourth-order valence-electron chi connectivity index (χ4n) is 3.77. The molecule has 3 rings (SSSR count). The molecule has 110 valence electrons. The molecule has 20 heavy (non-hydrogen) atoms. The van der Waals surface area contributed by atoms with E-state index >= 15 is 0 Å². The molecule has 0 aliphatic carbocycles. The molecule has 1 N–H and O–H groups in total. The van der Waals surface area contributed by atoms with Crippen LogP contribution in [-0.2, 0) is 16.8 Å². The van der Waals surface area contributed by atoms with Crippen molar-refractivity contribution in [1.82, 2.24) is 0 Å². The average molecular weight is 276 g/mol. The van der Waals surface area contributed by atoms with Crippen molar-refractivity contribution in [2.24, 2.45) is 0 Å². The molecule has 1 atom stereocenters. The van der Waals surface area contributed by atoms with Gasteiger partial charge in [-0.3, -0.25) is 0 Å². The van der Waals surface area contributed by atoms with Crippen LogP contribution in [0, 0.1) is 0 Å². The maximum absolute atomic E-state index is 11.4. The fourth-order valence-corrected chi connectivity index (χ4v) is 3.77. The third-order valence-electron chi connectivity index (χ3n) is 4.59.